The smallest absolute Gasteiger partial charge is 0.251 e. The molecule has 21 heavy (non-hydrogen) atoms. The van der Waals surface area contributed by atoms with Crippen LogP contribution in [-0.4, -0.2) is 17.6 Å². The van der Waals surface area contributed by atoms with E-state index in [0.717, 1.165) is 9.77 Å². The molecule has 0 radical (unpaired) electrons. The summed E-state index contributed by atoms with van der Waals surface area (Å²) in [5, 5.41) is 7.76. The summed E-state index contributed by atoms with van der Waals surface area (Å²) in [7, 11) is 0. The first-order valence-electron chi connectivity index (χ1n) is 6.54. The van der Waals surface area contributed by atoms with Crippen molar-refractivity contribution in [1.29, 1.82) is 0 Å². The van der Waals surface area contributed by atoms with Crippen LogP contribution in [0.25, 0.3) is 0 Å². The van der Waals surface area contributed by atoms with Crippen molar-refractivity contribution in [2.45, 2.75) is 17.9 Å². The standard InChI is InChI=1S/C15H14N2O2S2/c1-9(12-3-2-6-20-12)16-15(19)10-4-5-13-11(7-10)17-14(18)8-21-13/h2-7,9H,8H2,1H3,(H,16,19)(H,17,18). The van der Waals surface area contributed by atoms with Gasteiger partial charge >= 0.3 is 0 Å². The number of fused-ring (bicyclic) bond motifs is 1. The Hall–Kier alpha value is -1.79. The number of benzene rings is 1. The average Bonchev–Trinajstić information content (AvgIpc) is 3.00. The van der Waals surface area contributed by atoms with Gasteiger partial charge in [-0.15, -0.1) is 23.1 Å². The highest BCUT2D eigenvalue weighted by atomic mass is 32.2. The molecular formula is C15H14N2O2S2. The van der Waals surface area contributed by atoms with Crippen LogP contribution in [0.15, 0.2) is 40.6 Å². The van der Waals surface area contributed by atoms with E-state index in [0.29, 0.717) is 17.0 Å². The second-order valence-electron chi connectivity index (χ2n) is 4.76. The predicted molar refractivity (Wildman–Crippen MR) is 86.0 cm³/mol. The molecule has 0 bridgehead atoms. The third-order valence-corrected chi connectivity index (χ3v) is 5.32. The molecule has 0 saturated heterocycles. The van der Waals surface area contributed by atoms with Crippen LogP contribution in [0.5, 0.6) is 0 Å². The molecule has 2 heterocycles. The molecule has 1 aliphatic rings. The fourth-order valence-corrected chi connectivity index (χ4v) is 3.64. The first kappa shape index (κ1) is 14.2. The Bertz CT molecular complexity index is 683. The van der Waals surface area contributed by atoms with Gasteiger partial charge in [0.2, 0.25) is 5.91 Å². The van der Waals surface area contributed by atoms with E-state index >= 15 is 0 Å². The van der Waals surface area contributed by atoms with Gasteiger partial charge < -0.3 is 10.6 Å². The second-order valence-corrected chi connectivity index (χ2v) is 6.75. The highest BCUT2D eigenvalue weighted by molar-refractivity contribution is 8.00. The van der Waals surface area contributed by atoms with E-state index in [2.05, 4.69) is 10.6 Å². The van der Waals surface area contributed by atoms with Gasteiger partial charge in [-0.05, 0) is 36.6 Å². The van der Waals surface area contributed by atoms with Gasteiger partial charge in [-0.2, -0.15) is 0 Å². The summed E-state index contributed by atoms with van der Waals surface area (Å²) in [6.45, 7) is 1.96. The Kier molecular flexibility index (Phi) is 3.98. The Morgan fingerprint density at radius 1 is 1.38 bits per heavy atom. The van der Waals surface area contributed by atoms with Gasteiger partial charge in [0, 0.05) is 15.3 Å². The SMILES string of the molecule is CC(NC(=O)c1ccc2c(c1)NC(=O)CS2)c1cccs1. The fraction of sp³-hybridized carbons (Fsp3) is 0.200. The van der Waals surface area contributed by atoms with Gasteiger partial charge in [-0.1, -0.05) is 6.07 Å². The van der Waals surface area contributed by atoms with Crippen LogP contribution in [-0.2, 0) is 4.79 Å². The lowest BCUT2D eigenvalue weighted by atomic mass is 10.1. The van der Waals surface area contributed by atoms with Crippen molar-refractivity contribution in [3.05, 3.63) is 46.2 Å². The summed E-state index contributed by atoms with van der Waals surface area (Å²) in [6, 6.07) is 9.34. The van der Waals surface area contributed by atoms with Crippen LogP contribution in [0.3, 0.4) is 0 Å². The zero-order valence-electron chi connectivity index (χ0n) is 11.4. The maximum Gasteiger partial charge on any atom is 0.251 e. The van der Waals surface area contributed by atoms with Crippen LogP contribution in [0, 0.1) is 0 Å². The number of hydrogen-bond acceptors (Lipinski definition) is 4. The van der Waals surface area contributed by atoms with Crippen molar-refractivity contribution in [1.82, 2.24) is 5.32 Å². The molecule has 2 N–H and O–H groups in total. The van der Waals surface area contributed by atoms with Crippen molar-refractivity contribution < 1.29 is 9.59 Å². The molecule has 1 aliphatic heterocycles. The van der Waals surface area contributed by atoms with E-state index in [4.69, 9.17) is 0 Å². The predicted octanol–water partition coefficient (Wildman–Crippen LogP) is 3.28. The minimum atomic E-state index is -0.136. The van der Waals surface area contributed by atoms with Crippen LogP contribution in [0.2, 0.25) is 0 Å². The molecule has 6 heteroatoms. The van der Waals surface area contributed by atoms with Crippen LogP contribution < -0.4 is 10.6 Å². The molecule has 2 amide bonds. The average molecular weight is 318 g/mol. The lowest BCUT2D eigenvalue weighted by Crippen LogP contribution is -2.26. The number of anilines is 1. The van der Waals surface area contributed by atoms with E-state index in [9.17, 15) is 9.59 Å². The molecule has 1 aromatic carbocycles. The van der Waals surface area contributed by atoms with E-state index in [1.54, 1.807) is 23.5 Å². The molecule has 0 aliphatic carbocycles. The normalized spacial score (nSPS) is 15.0. The highest BCUT2D eigenvalue weighted by Crippen LogP contribution is 2.32. The Morgan fingerprint density at radius 2 is 2.24 bits per heavy atom. The summed E-state index contributed by atoms with van der Waals surface area (Å²) in [5.74, 6) is 0.258. The molecular weight excluding hydrogens is 304 g/mol. The number of carbonyl (C=O) groups excluding carboxylic acids is 2. The van der Waals surface area contributed by atoms with Gasteiger partial charge in [-0.25, -0.2) is 0 Å². The first-order chi connectivity index (χ1) is 10.1. The lowest BCUT2D eigenvalue weighted by Gasteiger charge is -2.18. The summed E-state index contributed by atoms with van der Waals surface area (Å²) in [6.07, 6.45) is 0. The number of carbonyl (C=O) groups is 2. The van der Waals surface area contributed by atoms with Crippen molar-refractivity contribution in [2.75, 3.05) is 11.1 Å². The van der Waals surface area contributed by atoms with E-state index < -0.39 is 0 Å². The summed E-state index contributed by atoms with van der Waals surface area (Å²) >= 11 is 3.10. The number of rotatable bonds is 3. The molecule has 0 saturated carbocycles. The van der Waals surface area contributed by atoms with Gasteiger partial charge in [0.1, 0.15) is 0 Å². The molecule has 1 aromatic heterocycles. The Morgan fingerprint density at radius 3 is 3.00 bits per heavy atom. The lowest BCUT2D eigenvalue weighted by molar-refractivity contribution is -0.113. The number of nitrogens with one attached hydrogen (secondary N) is 2. The maximum absolute atomic E-state index is 12.3. The maximum atomic E-state index is 12.3. The number of amides is 2. The Labute approximate surface area is 130 Å². The van der Waals surface area contributed by atoms with Gasteiger partial charge in [0.05, 0.1) is 17.5 Å². The molecule has 3 rings (SSSR count). The molecule has 0 spiro atoms. The van der Waals surface area contributed by atoms with Crippen molar-refractivity contribution in [3.63, 3.8) is 0 Å². The van der Waals surface area contributed by atoms with Gasteiger partial charge in [0.25, 0.3) is 5.91 Å². The molecule has 0 fully saturated rings. The van der Waals surface area contributed by atoms with Crippen molar-refractivity contribution in [3.8, 4) is 0 Å². The molecule has 108 valence electrons. The Balaban J connectivity index is 1.76. The van der Waals surface area contributed by atoms with Crippen molar-refractivity contribution in [2.24, 2.45) is 0 Å². The van der Waals surface area contributed by atoms with E-state index in [1.807, 2.05) is 30.5 Å². The topological polar surface area (TPSA) is 58.2 Å². The van der Waals surface area contributed by atoms with Crippen LogP contribution in [0.4, 0.5) is 5.69 Å². The third kappa shape index (κ3) is 3.11. The van der Waals surface area contributed by atoms with Crippen LogP contribution >= 0.6 is 23.1 Å². The second kappa shape index (κ2) is 5.91. The monoisotopic (exact) mass is 318 g/mol. The molecule has 1 atom stereocenters. The summed E-state index contributed by atoms with van der Waals surface area (Å²) in [5.41, 5.74) is 1.27. The largest absolute Gasteiger partial charge is 0.345 e. The number of thioether (sulfide) groups is 1. The quantitative estimate of drug-likeness (QED) is 0.913. The van der Waals surface area contributed by atoms with Crippen molar-refractivity contribution >= 4 is 40.6 Å². The molecule has 4 nitrogen and oxygen atoms in total. The van der Waals surface area contributed by atoms with E-state index in [1.165, 1.54) is 11.8 Å². The molecule has 1 unspecified atom stereocenters. The number of hydrogen-bond donors (Lipinski definition) is 2. The van der Waals surface area contributed by atoms with Crippen LogP contribution in [0.1, 0.15) is 28.2 Å². The summed E-state index contributed by atoms with van der Waals surface area (Å²) in [4.78, 5) is 25.8. The van der Waals surface area contributed by atoms with Gasteiger partial charge in [-0.3, -0.25) is 9.59 Å². The fourth-order valence-electron chi connectivity index (χ4n) is 2.11. The highest BCUT2D eigenvalue weighted by Gasteiger charge is 2.18. The van der Waals surface area contributed by atoms with E-state index in [-0.39, 0.29) is 17.9 Å². The van der Waals surface area contributed by atoms with Gasteiger partial charge in [0.15, 0.2) is 0 Å². The summed E-state index contributed by atoms with van der Waals surface area (Å²) < 4.78 is 0. The number of thiophene rings is 1. The third-order valence-electron chi connectivity index (χ3n) is 3.19. The minimum absolute atomic E-state index is 0.0301. The minimum Gasteiger partial charge on any atom is -0.345 e. The zero-order valence-corrected chi connectivity index (χ0v) is 13.0. The molecule has 2 aromatic rings. The zero-order chi connectivity index (χ0) is 14.8. The first-order valence-corrected chi connectivity index (χ1v) is 8.41.